The Morgan fingerprint density at radius 1 is 1.29 bits per heavy atom. The molecule has 0 amide bonds. The first-order chi connectivity index (χ1) is 10.1. The standard InChI is InChI=1S/C13H19N3O4S/c1-18-5-4-14-13(21)16-15-8-9-6-10(19-2)12(17)11(7-9)20-3/h6-8,17H,4-5H2,1-3H3,(H2,14,16,21)/b15-8+. The molecular formula is C13H19N3O4S. The molecule has 1 aromatic rings. The Bertz CT molecular complexity index is 483. The van der Waals surface area contributed by atoms with Gasteiger partial charge in [-0.15, -0.1) is 0 Å². The molecule has 0 aliphatic heterocycles. The molecule has 0 atom stereocenters. The van der Waals surface area contributed by atoms with Crippen LogP contribution in [0, 0.1) is 0 Å². The van der Waals surface area contributed by atoms with E-state index in [9.17, 15) is 5.11 Å². The zero-order chi connectivity index (χ0) is 15.7. The van der Waals surface area contributed by atoms with Gasteiger partial charge in [-0.3, -0.25) is 5.43 Å². The molecule has 0 saturated carbocycles. The fourth-order valence-electron chi connectivity index (χ4n) is 1.46. The maximum atomic E-state index is 9.79. The number of hydrazone groups is 1. The molecule has 0 bridgehead atoms. The number of benzene rings is 1. The second kappa shape index (κ2) is 8.98. The molecule has 0 radical (unpaired) electrons. The summed E-state index contributed by atoms with van der Waals surface area (Å²) in [6.07, 6.45) is 1.54. The Morgan fingerprint density at radius 3 is 2.43 bits per heavy atom. The van der Waals surface area contributed by atoms with Crippen molar-refractivity contribution in [3.8, 4) is 17.2 Å². The van der Waals surface area contributed by atoms with Crippen LogP contribution < -0.4 is 20.2 Å². The summed E-state index contributed by atoms with van der Waals surface area (Å²) in [6.45, 7) is 1.15. The lowest BCUT2D eigenvalue weighted by Gasteiger charge is -2.09. The highest BCUT2D eigenvalue weighted by atomic mass is 32.1. The van der Waals surface area contributed by atoms with E-state index in [1.807, 2.05) is 0 Å². The number of hydrogen-bond donors (Lipinski definition) is 3. The normalized spacial score (nSPS) is 10.4. The third kappa shape index (κ3) is 5.44. The Labute approximate surface area is 128 Å². The van der Waals surface area contributed by atoms with Gasteiger partial charge >= 0.3 is 0 Å². The van der Waals surface area contributed by atoms with Crippen molar-refractivity contribution in [1.29, 1.82) is 0 Å². The molecule has 116 valence electrons. The van der Waals surface area contributed by atoms with Gasteiger partial charge in [0.25, 0.3) is 0 Å². The summed E-state index contributed by atoms with van der Waals surface area (Å²) >= 11 is 5.02. The largest absolute Gasteiger partial charge is 0.502 e. The number of nitrogens with one attached hydrogen (secondary N) is 2. The molecule has 0 aliphatic carbocycles. The second-order valence-electron chi connectivity index (χ2n) is 3.89. The van der Waals surface area contributed by atoms with E-state index < -0.39 is 0 Å². The molecule has 0 aromatic heterocycles. The number of thiocarbonyl (C=S) groups is 1. The van der Waals surface area contributed by atoms with Crippen molar-refractivity contribution in [2.45, 2.75) is 0 Å². The van der Waals surface area contributed by atoms with Crippen LogP contribution in [0.5, 0.6) is 17.2 Å². The van der Waals surface area contributed by atoms with Gasteiger partial charge in [0.2, 0.25) is 5.75 Å². The first-order valence-corrected chi connectivity index (χ1v) is 6.54. The van der Waals surface area contributed by atoms with Crippen molar-refractivity contribution < 1.29 is 19.3 Å². The molecule has 1 rings (SSSR count). The third-order valence-corrected chi connectivity index (χ3v) is 2.71. The molecule has 0 heterocycles. The fraction of sp³-hybridized carbons (Fsp3) is 0.385. The van der Waals surface area contributed by atoms with E-state index in [2.05, 4.69) is 15.8 Å². The maximum absolute atomic E-state index is 9.79. The van der Waals surface area contributed by atoms with Crippen molar-refractivity contribution >= 4 is 23.5 Å². The van der Waals surface area contributed by atoms with Gasteiger partial charge in [-0.05, 0) is 24.4 Å². The number of nitrogens with zero attached hydrogens (tertiary/aromatic N) is 1. The average Bonchev–Trinajstić information content (AvgIpc) is 2.48. The van der Waals surface area contributed by atoms with E-state index in [0.29, 0.717) is 35.3 Å². The Kier molecular flexibility index (Phi) is 7.27. The zero-order valence-corrected chi connectivity index (χ0v) is 13.0. The minimum Gasteiger partial charge on any atom is -0.502 e. The van der Waals surface area contributed by atoms with Crippen LogP contribution in [0.2, 0.25) is 0 Å². The summed E-state index contributed by atoms with van der Waals surface area (Å²) in [4.78, 5) is 0. The zero-order valence-electron chi connectivity index (χ0n) is 12.2. The first-order valence-electron chi connectivity index (χ1n) is 6.13. The quantitative estimate of drug-likeness (QED) is 0.298. The van der Waals surface area contributed by atoms with E-state index in [0.717, 1.165) is 0 Å². The highest BCUT2D eigenvalue weighted by molar-refractivity contribution is 7.80. The van der Waals surface area contributed by atoms with Gasteiger partial charge in [0.15, 0.2) is 16.6 Å². The molecule has 21 heavy (non-hydrogen) atoms. The number of hydrogen-bond acceptors (Lipinski definition) is 6. The van der Waals surface area contributed by atoms with Crippen molar-refractivity contribution in [2.75, 3.05) is 34.5 Å². The summed E-state index contributed by atoms with van der Waals surface area (Å²) in [5.74, 6) is 0.551. The molecule has 0 spiro atoms. The highest BCUT2D eigenvalue weighted by Crippen LogP contribution is 2.36. The summed E-state index contributed by atoms with van der Waals surface area (Å²) in [5.41, 5.74) is 3.36. The lowest BCUT2D eigenvalue weighted by Crippen LogP contribution is -2.34. The van der Waals surface area contributed by atoms with E-state index in [-0.39, 0.29) is 5.75 Å². The maximum Gasteiger partial charge on any atom is 0.200 e. The van der Waals surface area contributed by atoms with Crippen LogP contribution in [0.1, 0.15) is 5.56 Å². The van der Waals surface area contributed by atoms with Crippen LogP contribution in [0.4, 0.5) is 0 Å². The molecular weight excluding hydrogens is 294 g/mol. The molecule has 0 unspecified atom stereocenters. The van der Waals surface area contributed by atoms with Crippen molar-refractivity contribution in [3.05, 3.63) is 17.7 Å². The minimum atomic E-state index is -0.0538. The third-order valence-electron chi connectivity index (χ3n) is 2.47. The van der Waals surface area contributed by atoms with E-state index in [4.69, 9.17) is 26.4 Å². The summed E-state index contributed by atoms with van der Waals surface area (Å²) < 4.78 is 15.0. The van der Waals surface area contributed by atoms with Gasteiger partial charge in [-0.1, -0.05) is 0 Å². The highest BCUT2D eigenvalue weighted by Gasteiger charge is 2.10. The van der Waals surface area contributed by atoms with Crippen molar-refractivity contribution in [2.24, 2.45) is 5.10 Å². The van der Waals surface area contributed by atoms with Crippen LogP contribution in [0.3, 0.4) is 0 Å². The van der Waals surface area contributed by atoms with Crippen molar-refractivity contribution in [1.82, 2.24) is 10.7 Å². The van der Waals surface area contributed by atoms with E-state index >= 15 is 0 Å². The number of rotatable bonds is 7. The van der Waals surface area contributed by atoms with Gasteiger partial charge in [0.05, 0.1) is 27.0 Å². The predicted octanol–water partition coefficient (Wildman–Crippen LogP) is 0.854. The molecule has 8 heteroatoms. The number of ether oxygens (including phenoxy) is 3. The van der Waals surface area contributed by atoms with Crippen LogP contribution in [-0.2, 0) is 4.74 Å². The molecule has 1 aromatic carbocycles. The topological polar surface area (TPSA) is 84.3 Å². The number of aromatic hydroxyl groups is 1. The number of methoxy groups -OCH3 is 3. The molecule has 3 N–H and O–H groups in total. The average molecular weight is 313 g/mol. The molecule has 0 fully saturated rings. The summed E-state index contributed by atoms with van der Waals surface area (Å²) in [7, 11) is 4.53. The van der Waals surface area contributed by atoms with Gasteiger partial charge in [0, 0.05) is 19.2 Å². The fourth-order valence-corrected chi connectivity index (χ4v) is 1.61. The number of phenols is 1. The smallest absolute Gasteiger partial charge is 0.200 e. The van der Waals surface area contributed by atoms with Gasteiger partial charge in [0.1, 0.15) is 0 Å². The first kappa shape index (κ1) is 17.0. The number of phenolic OH excluding ortho intramolecular Hbond substituents is 1. The Morgan fingerprint density at radius 2 is 1.90 bits per heavy atom. The lowest BCUT2D eigenvalue weighted by molar-refractivity contribution is 0.204. The van der Waals surface area contributed by atoms with Crippen LogP contribution in [0.15, 0.2) is 17.2 Å². The van der Waals surface area contributed by atoms with Gasteiger partial charge in [-0.25, -0.2) is 0 Å². The Balaban J connectivity index is 2.65. The monoisotopic (exact) mass is 313 g/mol. The minimum absolute atomic E-state index is 0.0538. The van der Waals surface area contributed by atoms with E-state index in [1.165, 1.54) is 20.4 Å². The van der Waals surface area contributed by atoms with Gasteiger partial charge in [-0.2, -0.15) is 5.10 Å². The summed E-state index contributed by atoms with van der Waals surface area (Å²) in [5, 5.41) is 17.1. The van der Waals surface area contributed by atoms with Gasteiger partial charge < -0.3 is 24.6 Å². The Hall–Kier alpha value is -2.06. The van der Waals surface area contributed by atoms with Crippen LogP contribution >= 0.6 is 12.2 Å². The molecule has 7 nitrogen and oxygen atoms in total. The van der Waals surface area contributed by atoms with E-state index in [1.54, 1.807) is 19.2 Å². The SMILES string of the molecule is COCCNC(=S)N/N=C/c1cc(OC)c(O)c(OC)c1. The van der Waals surface area contributed by atoms with Crippen LogP contribution in [0.25, 0.3) is 0 Å². The predicted molar refractivity (Wildman–Crippen MR) is 84.4 cm³/mol. The molecule has 0 saturated heterocycles. The lowest BCUT2D eigenvalue weighted by atomic mass is 10.2. The van der Waals surface area contributed by atoms with Crippen LogP contribution in [-0.4, -0.2) is 50.9 Å². The summed E-state index contributed by atoms with van der Waals surface area (Å²) in [6, 6.07) is 3.26. The molecule has 0 aliphatic rings. The second-order valence-corrected chi connectivity index (χ2v) is 4.30. The van der Waals surface area contributed by atoms with Crippen molar-refractivity contribution in [3.63, 3.8) is 0 Å².